The number of nitrogens with one attached hydrogen (secondary N) is 1. The Morgan fingerprint density at radius 3 is 2.71 bits per heavy atom. The summed E-state index contributed by atoms with van der Waals surface area (Å²) in [7, 11) is 0. The Hall–Kier alpha value is -1.60. The molecule has 0 heterocycles. The third-order valence-electron chi connectivity index (χ3n) is 2.50. The number of nitriles is 1. The lowest BCUT2D eigenvalue weighted by Crippen LogP contribution is -2.30. The molecule has 17 heavy (non-hydrogen) atoms. The summed E-state index contributed by atoms with van der Waals surface area (Å²) in [6, 6.07) is 6.23. The molecular formula is C13H18FN3. The minimum Gasteiger partial charge on any atom is -0.380 e. The molecule has 0 bridgehead atoms. The molecule has 0 saturated carbocycles. The first kappa shape index (κ1) is 13.5. The first-order valence-corrected chi connectivity index (χ1v) is 5.73. The summed E-state index contributed by atoms with van der Waals surface area (Å²) in [5.41, 5.74) is 6.63. The van der Waals surface area contributed by atoms with Crippen molar-refractivity contribution < 1.29 is 4.39 Å². The van der Waals surface area contributed by atoms with E-state index < -0.39 is 5.82 Å². The zero-order chi connectivity index (χ0) is 12.8. The molecule has 1 rings (SSSR count). The minimum absolute atomic E-state index is 0.104. The van der Waals surface area contributed by atoms with E-state index in [1.165, 1.54) is 12.1 Å². The topological polar surface area (TPSA) is 61.8 Å². The molecule has 0 aliphatic heterocycles. The van der Waals surface area contributed by atoms with Crippen molar-refractivity contribution in [2.24, 2.45) is 11.7 Å². The van der Waals surface area contributed by atoms with Crippen LogP contribution in [-0.2, 0) is 0 Å². The molecule has 0 radical (unpaired) electrons. The standard InChI is InChI=1S/C13H18FN3/c1-9(2)5-12(8-16)17-13-4-3-11(14)6-10(13)7-15/h3-4,6,9,12,17H,5,8,16H2,1-2H3. The molecule has 0 amide bonds. The predicted molar refractivity (Wildman–Crippen MR) is 67.0 cm³/mol. The molecule has 92 valence electrons. The van der Waals surface area contributed by atoms with Crippen LogP contribution in [0.5, 0.6) is 0 Å². The molecule has 4 heteroatoms. The molecule has 1 aromatic carbocycles. The minimum atomic E-state index is -0.403. The Bertz CT molecular complexity index is 410. The maximum Gasteiger partial charge on any atom is 0.124 e. The molecule has 3 nitrogen and oxygen atoms in total. The van der Waals surface area contributed by atoms with E-state index in [9.17, 15) is 4.39 Å². The van der Waals surface area contributed by atoms with Crippen molar-refractivity contribution in [3.63, 3.8) is 0 Å². The summed E-state index contributed by atoms with van der Waals surface area (Å²) in [6.07, 6.45) is 0.915. The van der Waals surface area contributed by atoms with E-state index >= 15 is 0 Å². The summed E-state index contributed by atoms with van der Waals surface area (Å²) in [5, 5.41) is 12.1. The van der Waals surface area contributed by atoms with Crippen LogP contribution < -0.4 is 11.1 Å². The van der Waals surface area contributed by atoms with E-state index in [1.807, 2.05) is 6.07 Å². The molecule has 1 atom stereocenters. The van der Waals surface area contributed by atoms with Crippen LogP contribution in [-0.4, -0.2) is 12.6 Å². The second-order valence-electron chi connectivity index (χ2n) is 4.51. The Balaban J connectivity index is 2.83. The fraction of sp³-hybridized carbons (Fsp3) is 0.462. The largest absolute Gasteiger partial charge is 0.380 e. The number of rotatable bonds is 5. The van der Waals surface area contributed by atoms with E-state index in [2.05, 4.69) is 19.2 Å². The van der Waals surface area contributed by atoms with Gasteiger partial charge < -0.3 is 11.1 Å². The summed E-state index contributed by atoms with van der Waals surface area (Å²) in [6.45, 7) is 4.71. The molecule has 0 spiro atoms. The second kappa shape index (κ2) is 6.21. The van der Waals surface area contributed by atoms with Crippen LogP contribution in [0.1, 0.15) is 25.8 Å². The van der Waals surface area contributed by atoms with E-state index in [-0.39, 0.29) is 6.04 Å². The quantitative estimate of drug-likeness (QED) is 0.824. The Morgan fingerprint density at radius 2 is 2.18 bits per heavy atom. The number of hydrogen-bond acceptors (Lipinski definition) is 3. The number of halogens is 1. The third kappa shape index (κ3) is 4.04. The molecule has 0 aliphatic rings. The number of hydrogen-bond donors (Lipinski definition) is 2. The summed E-state index contributed by atoms with van der Waals surface area (Å²) in [5.74, 6) is 0.113. The lowest BCUT2D eigenvalue weighted by molar-refractivity contribution is 0.521. The van der Waals surface area contributed by atoms with Crippen LogP contribution in [0.25, 0.3) is 0 Å². The average Bonchev–Trinajstić information content (AvgIpc) is 2.29. The van der Waals surface area contributed by atoms with Crippen molar-refractivity contribution in [2.45, 2.75) is 26.3 Å². The molecule has 0 aliphatic carbocycles. The maximum absolute atomic E-state index is 13.0. The van der Waals surface area contributed by atoms with Crippen LogP contribution in [0.4, 0.5) is 10.1 Å². The first-order valence-electron chi connectivity index (χ1n) is 5.73. The number of nitrogens with zero attached hydrogens (tertiary/aromatic N) is 1. The van der Waals surface area contributed by atoms with Crippen LogP contribution in [0.3, 0.4) is 0 Å². The summed E-state index contributed by atoms with van der Waals surface area (Å²) in [4.78, 5) is 0. The lowest BCUT2D eigenvalue weighted by Gasteiger charge is -2.20. The van der Waals surface area contributed by atoms with Crippen LogP contribution >= 0.6 is 0 Å². The number of benzene rings is 1. The van der Waals surface area contributed by atoms with Gasteiger partial charge in [0.25, 0.3) is 0 Å². The SMILES string of the molecule is CC(C)CC(CN)Nc1ccc(F)cc1C#N. The second-order valence-corrected chi connectivity index (χ2v) is 4.51. The highest BCUT2D eigenvalue weighted by Crippen LogP contribution is 2.18. The van der Waals surface area contributed by atoms with Gasteiger partial charge in [0.05, 0.1) is 11.3 Å². The lowest BCUT2D eigenvalue weighted by atomic mass is 10.0. The predicted octanol–water partition coefficient (Wildman–Crippen LogP) is 2.48. The first-order chi connectivity index (χ1) is 8.06. The van der Waals surface area contributed by atoms with E-state index in [4.69, 9.17) is 11.0 Å². The van der Waals surface area contributed by atoms with Crippen molar-refractivity contribution in [3.05, 3.63) is 29.6 Å². The maximum atomic E-state index is 13.0. The number of nitrogens with two attached hydrogens (primary N) is 1. The van der Waals surface area contributed by atoms with Crippen LogP contribution in [0.15, 0.2) is 18.2 Å². The van der Waals surface area contributed by atoms with Crippen molar-refractivity contribution in [1.82, 2.24) is 0 Å². The van der Waals surface area contributed by atoms with Gasteiger partial charge in [0.15, 0.2) is 0 Å². The molecule has 0 aromatic heterocycles. The van der Waals surface area contributed by atoms with E-state index in [0.29, 0.717) is 23.7 Å². The Kier molecular flexibility index (Phi) is 4.92. The van der Waals surface area contributed by atoms with Crippen molar-refractivity contribution in [3.8, 4) is 6.07 Å². The fourth-order valence-electron chi connectivity index (χ4n) is 1.74. The molecule has 0 fully saturated rings. The highest BCUT2D eigenvalue weighted by Gasteiger charge is 2.11. The highest BCUT2D eigenvalue weighted by atomic mass is 19.1. The van der Waals surface area contributed by atoms with Crippen LogP contribution in [0.2, 0.25) is 0 Å². The third-order valence-corrected chi connectivity index (χ3v) is 2.50. The van der Waals surface area contributed by atoms with E-state index in [0.717, 1.165) is 6.42 Å². The van der Waals surface area contributed by atoms with Crippen molar-refractivity contribution in [1.29, 1.82) is 5.26 Å². The van der Waals surface area contributed by atoms with Gasteiger partial charge in [0.2, 0.25) is 0 Å². The Morgan fingerprint density at radius 1 is 1.47 bits per heavy atom. The van der Waals surface area contributed by atoms with Gasteiger partial charge in [-0.2, -0.15) is 5.26 Å². The van der Waals surface area contributed by atoms with Crippen LogP contribution in [0, 0.1) is 23.1 Å². The van der Waals surface area contributed by atoms with Crippen molar-refractivity contribution in [2.75, 3.05) is 11.9 Å². The monoisotopic (exact) mass is 235 g/mol. The summed E-state index contributed by atoms with van der Waals surface area (Å²) < 4.78 is 13.0. The van der Waals surface area contributed by atoms with Gasteiger partial charge in [0.1, 0.15) is 11.9 Å². The van der Waals surface area contributed by atoms with Gasteiger partial charge in [-0.15, -0.1) is 0 Å². The summed E-state index contributed by atoms with van der Waals surface area (Å²) >= 11 is 0. The zero-order valence-corrected chi connectivity index (χ0v) is 10.2. The number of anilines is 1. The molecule has 1 aromatic rings. The smallest absolute Gasteiger partial charge is 0.124 e. The van der Waals surface area contributed by atoms with Gasteiger partial charge in [-0.3, -0.25) is 0 Å². The van der Waals surface area contributed by atoms with E-state index in [1.54, 1.807) is 6.07 Å². The average molecular weight is 235 g/mol. The Labute approximate surface area is 101 Å². The van der Waals surface area contributed by atoms with Gasteiger partial charge in [0, 0.05) is 12.6 Å². The molecule has 3 N–H and O–H groups in total. The van der Waals surface area contributed by atoms with Gasteiger partial charge in [-0.05, 0) is 30.5 Å². The normalized spacial score (nSPS) is 12.2. The molecule has 1 unspecified atom stereocenters. The highest BCUT2D eigenvalue weighted by molar-refractivity contribution is 5.57. The zero-order valence-electron chi connectivity index (χ0n) is 10.2. The van der Waals surface area contributed by atoms with Crippen molar-refractivity contribution >= 4 is 5.69 Å². The fourth-order valence-corrected chi connectivity index (χ4v) is 1.74. The van der Waals surface area contributed by atoms with Gasteiger partial charge in [-0.1, -0.05) is 13.8 Å². The molecule has 0 saturated heterocycles. The van der Waals surface area contributed by atoms with Gasteiger partial charge >= 0.3 is 0 Å². The van der Waals surface area contributed by atoms with Gasteiger partial charge in [-0.25, -0.2) is 4.39 Å². The molecular weight excluding hydrogens is 217 g/mol.